The molecule has 0 N–H and O–H groups in total. The lowest BCUT2D eigenvalue weighted by atomic mass is 9.82. The minimum absolute atomic E-state index is 0.0813. The molecular formula is C54H37N3. The summed E-state index contributed by atoms with van der Waals surface area (Å²) in [7, 11) is 0. The predicted octanol–water partition coefficient (Wildman–Crippen LogP) is 14.0. The summed E-state index contributed by atoms with van der Waals surface area (Å²) in [5.74, 6) is 1.94. The van der Waals surface area contributed by atoms with Crippen LogP contribution in [-0.4, -0.2) is 15.0 Å². The van der Waals surface area contributed by atoms with Crippen molar-refractivity contribution in [1.29, 1.82) is 0 Å². The summed E-state index contributed by atoms with van der Waals surface area (Å²) in [6, 6.07) is 67.4. The maximum Gasteiger partial charge on any atom is 0.164 e. The maximum absolute atomic E-state index is 5.21. The maximum atomic E-state index is 5.21. The molecular weight excluding hydrogens is 691 g/mol. The Hall–Kier alpha value is -7.23. The average molecular weight is 728 g/mol. The highest BCUT2D eigenvalue weighted by Crippen LogP contribution is 2.49. The van der Waals surface area contributed by atoms with Crippen LogP contribution in [0.25, 0.3) is 99.9 Å². The normalized spacial score (nSPS) is 12.9. The van der Waals surface area contributed by atoms with Crippen molar-refractivity contribution in [1.82, 2.24) is 15.0 Å². The van der Waals surface area contributed by atoms with E-state index < -0.39 is 0 Å². The third kappa shape index (κ3) is 5.46. The first-order valence-corrected chi connectivity index (χ1v) is 19.6. The number of aromatic nitrogens is 3. The van der Waals surface area contributed by atoms with Crippen molar-refractivity contribution in [3.05, 3.63) is 199 Å². The number of hydrogen-bond acceptors (Lipinski definition) is 3. The zero-order valence-corrected chi connectivity index (χ0v) is 31.7. The molecule has 57 heavy (non-hydrogen) atoms. The van der Waals surface area contributed by atoms with Crippen molar-refractivity contribution in [3.63, 3.8) is 0 Å². The second-order valence-corrected chi connectivity index (χ2v) is 15.6. The van der Waals surface area contributed by atoms with Crippen LogP contribution >= 0.6 is 0 Å². The molecule has 0 radical (unpaired) electrons. The molecule has 11 rings (SSSR count). The molecule has 0 fully saturated rings. The lowest BCUT2D eigenvalue weighted by Crippen LogP contribution is -2.14. The van der Waals surface area contributed by atoms with Gasteiger partial charge in [-0.15, -0.1) is 0 Å². The van der Waals surface area contributed by atoms with Gasteiger partial charge in [0.15, 0.2) is 17.5 Å². The highest BCUT2D eigenvalue weighted by Gasteiger charge is 2.35. The molecule has 10 aromatic rings. The van der Waals surface area contributed by atoms with Crippen molar-refractivity contribution >= 4 is 32.3 Å². The Morgan fingerprint density at radius 2 is 0.895 bits per heavy atom. The molecule has 0 saturated heterocycles. The first-order chi connectivity index (χ1) is 28.0. The Morgan fingerprint density at radius 3 is 1.70 bits per heavy atom. The molecule has 0 amide bonds. The molecule has 1 aromatic heterocycles. The Morgan fingerprint density at radius 1 is 0.316 bits per heavy atom. The molecule has 0 aliphatic heterocycles. The van der Waals surface area contributed by atoms with Gasteiger partial charge < -0.3 is 0 Å². The minimum atomic E-state index is -0.0813. The molecule has 3 heteroatoms. The first kappa shape index (κ1) is 33.1. The van der Waals surface area contributed by atoms with Crippen LogP contribution in [-0.2, 0) is 5.41 Å². The number of rotatable bonds is 5. The molecule has 9 aromatic carbocycles. The van der Waals surface area contributed by atoms with Gasteiger partial charge in [-0.2, -0.15) is 0 Å². The van der Waals surface area contributed by atoms with E-state index in [1.807, 2.05) is 6.07 Å². The van der Waals surface area contributed by atoms with Crippen molar-refractivity contribution in [3.8, 4) is 67.5 Å². The van der Waals surface area contributed by atoms with Crippen LogP contribution < -0.4 is 0 Å². The van der Waals surface area contributed by atoms with Gasteiger partial charge in [0, 0.05) is 22.1 Å². The Bertz CT molecular complexity index is 3200. The van der Waals surface area contributed by atoms with Gasteiger partial charge >= 0.3 is 0 Å². The van der Waals surface area contributed by atoms with Crippen molar-refractivity contribution in [2.75, 3.05) is 0 Å². The van der Waals surface area contributed by atoms with Gasteiger partial charge in [-0.3, -0.25) is 0 Å². The summed E-state index contributed by atoms with van der Waals surface area (Å²) in [5.41, 5.74) is 12.6. The lowest BCUT2D eigenvalue weighted by Gasteiger charge is -2.21. The average Bonchev–Trinajstić information content (AvgIpc) is 3.51. The van der Waals surface area contributed by atoms with E-state index in [2.05, 4.69) is 196 Å². The molecule has 0 bridgehead atoms. The number of fused-ring (bicyclic) bond motifs is 7. The van der Waals surface area contributed by atoms with E-state index in [1.54, 1.807) is 0 Å². The zero-order valence-electron chi connectivity index (χ0n) is 31.7. The number of benzene rings is 9. The van der Waals surface area contributed by atoms with E-state index >= 15 is 0 Å². The summed E-state index contributed by atoms with van der Waals surface area (Å²) in [6.07, 6.45) is 0. The fraction of sp³-hybridized carbons (Fsp3) is 0.0556. The van der Waals surface area contributed by atoms with E-state index in [9.17, 15) is 0 Å². The molecule has 3 nitrogen and oxygen atoms in total. The van der Waals surface area contributed by atoms with Gasteiger partial charge in [0.2, 0.25) is 0 Å². The molecule has 268 valence electrons. The fourth-order valence-corrected chi connectivity index (χ4v) is 9.01. The van der Waals surface area contributed by atoms with Gasteiger partial charge in [-0.1, -0.05) is 184 Å². The number of hydrogen-bond donors (Lipinski definition) is 0. The summed E-state index contributed by atoms with van der Waals surface area (Å²) in [5, 5.41) is 7.47. The van der Waals surface area contributed by atoms with Crippen LogP contribution in [0.3, 0.4) is 0 Å². The summed E-state index contributed by atoms with van der Waals surface area (Å²) >= 11 is 0. The monoisotopic (exact) mass is 727 g/mol. The standard InChI is InChI=1S/C54H37N3/c1-54(2)48-22-11-10-21-44(48)47-33-41(28-30-49(47)54)53-56-51(55-52(57-53)40-18-12-17-38(31-40)34-13-4-3-5-14-34)37-25-23-36(24-26-37)50-43-20-9-7-16-39(43)32-46-42-19-8-6-15-35(42)27-29-45(46)50/h3-33H,1-2H3. The zero-order chi connectivity index (χ0) is 38.1. The van der Waals surface area contributed by atoms with Crippen molar-refractivity contribution in [2.45, 2.75) is 19.3 Å². The van der Waals surface area contributed by atoms with Gasteiger partial charge in [-0.05, 0) is 95.0 Å². The quantitative estimate of drug-likeness (QED) is 0.131. The van der Waals surface area contributed by atoms with Crippen molar-refractivity contribution < 1.29 is 0 Å². The van der Waals surface area contributed by atoms with Gasteiger partial charge in [0.25, 0.3) is 0 Å². The van der Waals surface area contributed by atoms with Crippen LogP contribution in [0, 0.1) is 0 Å². The Labute approximate surface area is 332 Å². The van der Waals surface area contributed by atoms with E-state index in [0.29, 0.717) is 17.5 Å². The molecule has 0 spiro atoms. The largest absolute Gasteiger partial charge is 0.208 e. The van der Waals surface area contributed by atoms with Crippen LogP contribution in [0.4, 0.5) is 0 Å². The van der Waals surface area contributed by atoms with E-state index in [0.717, 1.165) is 33.4 Å². The van der Waals surface area contributed by atoms with E-state index in [-0.39, 0.29) is 5.41 Å². The molecule has 1 aliphatic rings. The van der Waals surface area contributed by atoms with Crippen LogP contribution in [0.15, 0.2) is 188 Å². The van der Waals surface area contributed by atoms with Gasteiger partial charge in [0.05, 0.1) is 0 Å². The second kappa shape index (κ2) is 12.9. The molecule has 0 unspecified atom stereocenters. The fourth-order valence-electron chi connectivity index (χ4n) is 9.01. The van der Waals surface area contributed by atoms with Gasteiger partial charge in [-0.25, -0.2) is 15.0 Å². The molecule has 0 atom stereocenters. The summed E-state index contributed by atoms with van der Waals surface area (Å²) in [4.78, 5) is 15.6. The number of nitrogens with zero attached hydrogens (tertiary/aromatic N) is 3. The first-order valence-electron chi connectivity index (χ1n) is 19.6. The smallest absolute Gasteiger partial charge is 0.164 e. The van der Waals surface area contributed by atoms with Gasteiger partial charge in [0.1, 0.15) is 0 Å². The molecule has 1 heterocycles. The second-order valence-electron chi connectivity index (χ2n) is 15.6. The van der Waals surface area contributed by atoms with Crippen molar-refractivity contribution in [2.24, 2.45) is 0 Å². The third-order valence-corrected chi connectivity index (χ3v) is 11.9. The topological polar surface area (TPSA) is 38.7 Å². The molecule has 1 aliphatic carbocycles. The predicted molar refractivity (Wildman–Crippen MR) is 237 cm³/mol. The third-order valence-electron chi connectivity index (χ3n) is 11.9. The van der Waals surface area contributed by atoms with E-state index in [4.69, 9.17) is 15.0 Å². The van der Waals surface area contributed by atoms with Crippen LogP contribution in [0.1, 0.15) is 25.0 Å². The Kier molecular flexibility index (Phi) is 7.52. The lowest BCUT2D eigenvalue weighted by molar-refractivity contribution is 0.660. The van der Waals surface area contributed by atoms with Crippen LogP contribution in [0.5, 0.6) is 0 Å². The SMILES string of the molecule is CC1(C)c2ccccc2-c2cc(-c3nc(-c4ccc(-c5c6ccccc6cc6c5ccc5ccccc56)cc4)nc(-c4cccc(-c5ccccc5)c4)n3)ccc21. The molecule has 0 saturated carbocycles. The minimum Gasteiger partial charge on any atom is -0.208 e. The highest BCUT2D eigenvalue weighted by atomic mass is 15.0. The van der Waals surface area contributed by atoms with Crippen LogP contribution in [0.2, 0.25) is 0 Å². The summed E-state index contributed by atoms with van der Waals surface area (Å²) in [6.45, 7) is 4.62. The summed E-state index contributed by atoms with van der Waals surface area (Å²) < 4.78 is 0. The van der Waals surface area contributed by atoms with E-state index in [1.165, 1.54) is 60.1 Å². The Balaban J connectivity index is 1.07. The highest BCUT2D eigenvalue weighted by molar-refractivity contribution is 6.20.